The number of carbonyl (C=O) groups excluding carboxylic acids is 1. The number of nitrogens with one attached hydrogen (secondary N) is 2. The van der Waals surface area contributed by atoms with Gasteiger partial charge in [0.2, 0.25) is 0 Å². The summed E-state index contributed by atoms with van der Waals surface area (Å²) in [4.78, 5) is 26.5. The zero-order chi connectivity index (χ0) is 20.7. The Morgan fingerprint density at radius 1 is 1.17 bits per heavy atom. The highest BCUT2D eigenvalue weighted by Gasteiger charge is 2.33. The van der Waals surface area contributed by atoms with Crippen LogP contribution in [0.2, 0.25) is 0 Å². The number of halogens is 1. The maximum atomic E-state index is 14.4. The number of likely N-dealkylation sites (tertiary alicyclic amines) is 1. The lowest BCUT2D eigenvalue weighted by molar-refractivity contribution is 0.0562. The Morgan fingerprint density at radius 3 is 2.70 bits per heavy atom. The van der Waals surface area contributed by atoms with Crippen LogP contribution in [-0.4, -0.2) is 46.7 Å². The van der Waals surface area contributed by atoms with E-state index in [4.69, 9.17) is 0 Å². The van der Waals surface area contributed by atoms with Gasteiger partial charge in [-0.2, -0.15) is 5.10 Å². The van der Waals surface area contributed by atoms with Gasteiger partial charge in [-0.3, -0.25) is 9.59 Å². The van der Waals surface area contributed by atoms with Crippen molar-refractivity contribution in [3.05, 3.63) is 75.5 Å². The second-order valence-electron chi connectivity index (χ2n) is 8.29. The predicted octanol–water partition coefficient (Wildman–Crippen LogP) is 2.48. The SMILES string of the molecule is O=C(c1cc(Cc2n[nH]c(=O)c3ccccc23)ccc1F)N1CC(NCC2CC2)C1. The Labute approximate surface area is 173 Å². The van der Waals surface area contributed by atoms with Crippen molar-refractivity contribution in [2.24, 2.45) is 5.92 Å². The predicted molar refractivity (Wildman–Crippen MR) is 112 cm³/mol. The highest BCUT2D eigenvalue weighted by Crippen LogP contribution is 2.28. The lowest BCUT2D eigenvalue weighted by Crippen LogP contribution is -2.60. The number of amides is 1. The van der Waals surface area contributed by atoms with E-state index in [-0.39, 0.29) is 17.0 Å². The van der Waals surface area contributed by atoms with Gasteiger partial charge in [0.15, 0.2) is 0 Å². The molecule has 2 N–H and O–H groups in total. The number of aromatic nitrogens is 2. The molecule has 3 aromatic rings. The summed E-state index contributed by atoms with van der Waals surface area (Å²) in [7, 11) is 0. The molecule has 0 spiro atoms. The number of carbonyl (C=O) groups is 1. The molecule has 2 fully saturated rings. The molecule has 0 atom stereocenters. The second-order valence-corrected chi connectivity index (χ2v) is 8.29. The van der Waals surface area contributed by atoms with Crippen LogP contribution in [-0.2, 0) is 6.42 Å². The average molecular weight is 406 g/mol. The van der Waals surface area contributed by atoms with Crippen LogP contribution < -0.4 is 10.9 Å². The molecule has 0 radical (unpaired) electrons. The summed E-state index contributed by atoms with van der Waals surface area (Å²) in [6, 6.07) is 12.1. The summed E-state index contributed by atoms with van der Waals surface area (Å²) in [6.45, 7) is 2.24. The fraction of sp³-hybridized carbons (Fsp3) is 0.348. The average Bonchev–Trinajstić information content (AvgIpc) is 3.55. The van der Waals surface area contributed by atoms with Gasteiger partial charge in [-0.1, -0.05) is 24.3 Å². The van der Waals surface area contributed by atoms with Crippen molar-refractivity contribution >= 4 is 16.7 Å². The number of nitrogens with zero attached hydrogens (tertiary/aromatic N) is 2. The molecule has 1 aliphatic carbocycles. The standard InChI is InChI=1S/C23H23FN4O2/c24-20-8-7-15(10-21-17-3-1-2-4-18(17)22(29)27-26-21)9-19(20)23(30)28-12-16(13-28)25-11-14-5-6-14/h1-4,7-9,14,16,25H,5-6,10-13H2,(H,27,29). The van der Waals surface area contributed by atoms with Crippen LogP contribution in [0.4, 0.5) is 4.39 Å². The van der Waals surface area contributed by atoms with E-state index in [0.29, 0.717) is 36.6 Å². The van der Waals surface area contributed by atoms with Crippen molar-refractivity contribution < 1.29 is 9.18 Å². The van der Waals surface area contributed by atoms with Gasteiger partial charge in [-0.05, 0) is 49.1 Å². The first-order valence-electron chi connectivity index (χ1n) is 10.4. The topological polar surface area (TPSA) is 78.1 Å². The van der Waals surface area contributed by atoms with Gasteiger partial charge in [0, 0.05) is 30.9 Å². The fourth-order valence-corrected chi connectivity index (χ4v) is 3.95. The minimum absolute atomic E-state index is 0.0851. The zero-order valence-electron chi connectivity index (χ0n) is 16.5. The third-order valence-corrected chi connectivity index (χ3v) is 5.97. The molecule has 2 aliphatic rings. The number of benzene rings is 2. The molecule has 1 amide bonds. The number of hydrogen-bond donors (Lipinski definition) is 2. The van der Waals surface area contributed by atoms with Crippen molar-refractivity contribution in [1.29, 1.82) is 0 Å². The molecule has 30 heavy (non-hydrogen) atoms. The molecule has 0 unspecified atom stereocenters. The van der Waals surface area contributed by atoms with Crippen molar-refractivity contribution in [2.75, 3.05) is 19.6 Å². The molecule has 6 nitrogen and oxygen atoms in total. The number of aromatic amines is 1. The monoisotopic (exact) mass is 406 g/mol. The van der Waals surface area contributed by atoms with Crippen LogP contribution in [0.5, 0.6) is 0 Å². The molecule has 1 aliphatic heterocycles. The van der Waals surface area contributed by atoms with Crippen molar-refractivity contribution in [1.82, 2.24) is 20.4 Å². The second kappa shape index (κ2) is 7.65. The van der Waals surface area contributed by atoms with Crippen LogP contribution in [0.3, 0.4) is 0 Å². The first-order chi connectivity index (χ1) is 14.6. The Balaban J connectivity index is 1.32. The summed E-state index contributed by atoms with van der Waals surface area (Å²) in [6.07, 6.45) is 2.98. The Morgan fingerprint density at radius 2 is 1.93 bits per heavy atom. The molecule has 2 heterocycles. The van der Waals surface area contributed by atoms with Crippen molar-refractivity contribution in [3.8, 4) is 0 Å². The highest BCUT2D eigenvalue weighted by atomic mass is 19.1. The van der Waals surface area contributed by atoms with Crippen LogP contribution in [0.15, 0.2) is 47.3 Å². The molecule has 1 saturated heterocycles. The van der Waals surface area contributed by atoms with Crippen LogP contribution in [0.25, 0.3) is 10.8 Å². The highest BCUT2D eigenvalue weighted by molar-refractivity contribution is 5.95. The zero-order valence-corrected chi connectivity index (χ0v) is 16.5. The van der Waals surface area contributed by atoms with Gasteiger partial charge >= 0.3 is 0 Å². The summed E-state index contributed by atoms with van der Waals surface area (Å²) in [5.41, 5.74) is 1.30. The molecule has 1 saturated carbocycles. The summed E-state index contributed by atoms with van der Waals surface area (Å²) in [5, 5.41) is 11.5. The van der Waals surface area contributed by atoms with Crippen molar-refractivity contribution in [2.45, 2.75) is 25.3 Å². The number of rotatable bonds is 6. The molecule has 7 heteroatoms. The van der Waals surface area contributed by atoms with Gasteiger partial charge < -0.3 is 10.2 Å². The third-order valence-electron chi connectivity index (χ3n) is 5.97. The molecule has 2 aromatic carbocycles. The summed E-state index contributed by atoms with van der Waals surface area (Å²) >= 11 is 0. The van der Waals surface area contributed by atoms with Crippen LogP contribution >= 0.6 is 0 Å². The first-order valence-corrected chi connectivity index (χ1v) is 10.4. The van der Waals surface area contributed by atoms with Gasteiger partial charge in [0.25, 0.3) is 11.5 Å². The normalized spacial score (nSPS) is 16.6. The van der Waals surface area contributed by atoms with E-state index in [1.54, 1.807) is 29.2 Å². The smallest absolute Gasteiger partial charge is 0.272 e. The van der Waals surface area contributed by atoms with E-state index in [1.165, 1.54) is 18.9 Å². The molecular formula is C23H23FN4O2. The molecule has 5 rings (SSSR count). The van der Waals surface area contributed by atoms with Crippen LogP contribution in [0.1, 0.15) is 34.5 Å². The van der Waals surface area contributed by atoms with Gasteiger partial charge in [-0.15, -0.1) is 0 Å². The fourth-order valence-electron chi connectivity index (χ4n) is 3.95. The van der Waals surface area contributed by atoms with Crippen molar-refractivity contribution in [3.63, 3.8) is 0 Å². The van der Waals surface area contributed by atoms with E-state index in [9.17, 15) is 14.0 Å². The van der Waals surface area contributed by atoms with E-state index in [0.717, 1.165) is 23.4 Å². The Hall–Kier alpha value is -3.06. The van der Waals surface area contributed by atoms with Gasteiger partial charge in [-0.25, -0.2) is 9.49 Å². The maximum absolute atomic E-state index is 14.4. The lowest BCUT2D eigenvalue weighted by Gasteiger charge is -2.40. The van der Waals surface area contributed by atoms with E-state index in [2.05, 4.69) is 15.5 Å². The number of H-pyrrole nitrogens is 1. The lowest BCUT2D eigenvalue weighted by atomic mass is 10.0. The van der Waals surface area contributed by atoms with E-state index >= 15 is 0 Å². The number of hydrogen-bond acceptors (Lipinski definition) is 4. The molecule has 0 bridgehead atoms. The summed E-state index contributed by atoms with van der Waals surface area (Å²) in [5.74, 6) is -0.00275. The first kappa shape index (κ1) is 18.9. The minimum Gasteiger partial charge on any atom is -0.335 e. The Kier molecular flexibility index (Phi) is 4.83. The minimum atomic E-state index is -0.516. The maximum Gasteiger partial charge on any atom is 0.272 e. The van der Waals surface area contributed by atoms with E-state index < -0.39 is 5.82 Å². The van der Waals surface area contributed by atoms with E-state index in [1.807, 2.05) is 12.1 Å². The van der Waals surface area contributed by atoms with Gasteiger partial charge in [0.05, 0.1) is 16.6 Å². The Bertz CT molecular complexity index is 1170. The quantitative estimate of drug-likeness (QED) is 0.659. The molecular weight excluding hydrogens is 383 g/mol. The molecule has 154 valence electrons. The third kappa shape index (κ3) is 3.73. The largest absolute Gasteiger partial charge is 0.335 e. The van der Waals surface area contributed by atoms with Crippen LogP contribution in [0, 0.1) is 11.7 Å². The molecule has 1 aromatic heterocycles. The number of fused-ring (bicyclic) bond motifs is 1. The summed E-state index contributed by atoms with van der Waals surface area (Å²) < 4.78 is 14.4. The van der Waals surface area contributed by atoms with Gasteiger partial charge in [0.1, 0.15) is 5.82 Å².